The minimum Gasteiger partial charge on any atom is -0.493 e. The molecule has 0 fully saturated rings. The van der Waals surface area contributed by atoms with Crippen LogP contribution in [0.1, 0.15) is 83.9 Å². The molecule has 0 saturated heterocycles. The lowest BCUT2D eigenvalue weighted by molar-refractivity contribution is 0.0651. The van der Waals surface area contributed by atoms with E-state index in [-0.39, 0.29) is 11.8 Å². The summed E-state index contributed by atoms with van der Waals surface area (Å²) in [6.07, 6.45) is 6.84. The van der Waals surface area contributed by atoms with Crippen molar-refractivity contribution in [1.29, 1.82) is 0 Å². The third kappa shape index (κ3) is 5.38. The second-order valence-electron chi connectivity index (χ2n) is 9.40. The SMILES string of the molecule is CCc1cc(-c2ccccc2OCCCCCCN2C(=O)c3ccccc3C2=O)cc(CC)c1CC. The number of carbonyl (C=O) groups is 2. The number of hydrogen-bond donors (Lipinski definition) is 0. The van der Waals surface area contributed by atoms with Crippen LogP contribution in [0.5, 0.6) is 5.75 Å². The highest BCUT2D eigenvalue weighted by molar-refractivity contribution is 6.21. The van der Waals surface area contributed by atoms with Crippen molar-refractivity contribution in [2.24, 2.45) is 0 Å². The van der Waals surface area contributed by atoms with Crippen LogP contribution in [0.15, 0.2) is 60.7 Å². The Balaban J connectivity index is 1.28. The van der Waals surface area contributed by atoms with Crippen LogP contribution in [0.3, 0.4) is 0 Å². The van der Waals surface area contributed by atoms with Crippen LogP contribution in [-0.2, 0) is 19.3 Å². The number of benzene rings is 3. The number of rotatable bonds is 12. The summed E-state index contributed by atoms with van der Waals surface area (Å²) in [6.45, 7) is 7.83. The number of carbonyl (C=O) groups excluding carboxylic acids is 2. The number of nitrogens with zero attached hydrogens (tertiary/aromatic N) is 1. The molecule has 0 saturated carbocycles. The van der Waals surface area contributed by atoms with Crippen molar-refractivity contribution in [3.05, 3.63) is 88.5 Å². The van der Waals surface area contributed by atoms with Gasteiger partial charge in [-0.05, 0) is 72.6 Å². The van der Waals surface area contributed by atoms with E-state index in [9.17, 15) is 9.59 Å². The molecular weight excluding hydrogens is 446 g/mol. The Bertz CT molecular complexity index is 1170. The molecule has 4 heteroatoms. The normalized spacial score (nSPS) is 12.8. The van der Waals surface area contributed by atoms with Gasteiger partial charge in [0.1, 0.15) is 5.75 Å². The average molecular weight is 484 g/mol. The van der Waals surface area contributed by atoms with E-state index < -0.39 is 0 Å². The van der Waals surface area contributed by atoms with Crippen molar-refractivity contribution in [2.75, 3.05) is 13.2 Å². The standard InChI is InChI=1S/C32H37NO3/c1-4-23-21-25(22-24(5-2)26(23)6-3)27-15-11-12-18-30(27)36-20-14-8-7-13-19-33-31(34)28-16-9-10-17-29(28)32(33)35/h9-12,15-18,21-22H,4-8,13-14,19-20H2,1-3H3. The highest BCUT2D eigenvalue weighted by Crippen LogP contribution is 2.33. The maximum Gasteiger partial charge on any atom is 0.261 e. The van der Waals surface area contributed by atoms with E-state index in [1.165, 1.54) is 27.2 Å². The lowest BCUT2D eigenvalue weighted by Gasteiger charge is -2.17. The molecule has 0 atom stereocenters. The van der Waals surface area contributed by atoms with Crippen molar-refractivity contribution < 1.29 is 14.3 Å². The zero-order valence-corrected chi connectivity index (χ0v) is 21.8. The molecule has 188 valence electrons. The van der Waals surface area contributed by atoms with Crippen LogP contribution in [0, 0.1) is 0 Å². The average Bonchev–Trinajstić information content (AvgIpc) is 3.16. The number of aryl methyl sites for hydroxylation is 2. The molecule has 4 rings (SSSR count). The Kier molecular flexibility index (Phi) is 8.58. The molecule has 3 aromatic rings. The van der Waals surface area contributed by atoms with Gasteiger partial charge in [-0.25, -0.2) is 0 Å². The maximum atomic E-state index is 12.5. The molecule has 1 heterocycles. The number of imide groups is 1. The molecule has 0 N–H and O–H groups in total. The van der Waals surface area contributed by atoms with E-state index in [0.29, 0.717) is 24.3 Å². The van der Waals surface area contributed by atoms with Gasteiger partial charge < -0.3 is 4.74 Å². The summed E-state index contributed by atoms with van der Waals surface area (Å²) < 4.78 is 6.23. The van der Waals surface area contributed by atoms with Crippen molar-refractivity contribution >= 4 is 11.8 Å². The predicted molar refractivity (Wildman–Crippen MR) is 146 cm³/mol. The number of para-hydroxylation sites is 1. The largest absolute Gasteiger partial charge is 0.493 e. The summed E-state index contributed by atoms with van der Waals surface area (Å²) in [5, 5.41) is 0. The van der Waals surface area contributed by atoms with E-state index in [0.717, 1.165) is 56.3 Å². The van der Waals surface area contributed by atoms with Crippen LogP contribution in [0.4, 0.5) is 0 Å². The summed E-state index contributed by atoms with van der Waals surface area (Å²) in [5.74, 6) is 0.594. The van der Waals surface area contributed by atoms with Gasteiger partial charge in [-0.2, -0.15) is 0 Å². The molecule has 1 aliphatic heterocycles. The molecule has 0 aromatic heterocycles. The van der Waals surface area contributed by atoms with Crippen LogP contribution >= 0.6 is 0 Å². The van der Waals surface area contributed by atoms with Gasteiger partial charge in [-0.15, -0.1) is 0 Å². The Morgan fingerprint density at radius 3 is 1.81 bits per heavy atom. The minimum absolute atomic E-state index is 0.167. The van der Waals surface area contributed by atoms with E-state index in [2.05, 4.69) is 51.1 Å². The zero-order valence-electron chi connectivity index (χ0n) is 21.8. The van der Waals surface area contributed by atoms with Gasteiger partial charge in [0, 0.05) is 12.1 Å². The van der Waals surface area contributed by atoms with E-state index in [1.54, 1.807) is 24.3 Å². The zero-order chi connectivity index (χ0) is 25.5. The van der Waals surface area contributed by atoms with E-state index >= 15 is 0 Å². The summed E-state index contributed by atoms with van der Waals surface area (Å²) in [4.78, 5) is 26.3. The van der Waals surface area contributed by atoms with Crippen molar-refractivity contribution in [2.45, 2.75) is 65.7 Å². The van der Waals surface area contributed by atoms with Gasteiger partial charge in [-0.1, -0.05) is 76.1 Å². The maximum absolute atomic E-state index is 12.5. The smallest absolute Gasteiger partial charge is 0.261 e. The fourth-order valence-corrected chi connectivity index (χ4v) is 5.22. The fourth-order valence-electron chi connectivity index (χ4n) is 5.22. The molecule has 4 nitrogen and oxygen atoms in total. The fraction of sp³-hybridized carbons (Fsp3) is 0.375. The quantitative estimate of drug-likeness (QED) is 0.201. The second-order valence-corrected chi connectivity index (χ2v) is 9.40. The Labute approximate surface area is 215 Å². The molecule has 0 bridgehead atoms. The number of fused-ring (bicyclic) bond motifs is 1. The first-order chi connectivity index (χ1) is 17.6. The summed E-state index contributed by atoms with van der Waals surface area (Å²) in [5.41, 5.74) is 7.78. The number of ether oxygens (including phenoxy) is 1. The first-order valence-electron chi connectivity index (χ1n) is 13.4. The van der Waals surface area contributed by atoms with Crippen molar-refractivity contribution in [1.82, 2.24) is 4.90 Å². The third-order valence-corrected chi connectivity index (χ3v) is 7.16. The van der Waals surface area contributed by atoms with Gasteiger partial charge >= 0.3 is 0 Å². The van der Waals surface area contributed by atoms with Crippen molar-refractivity contribution in [3.63, 3.8) is 0 Å². The molecule has 0 unspecified atom stereocenters. The first kappa shape index (κ1) is 25.7. The second kappa shape index (κ2) is 12.0. The summed E-state index contributed by atoms with van der Waals surface area (Å²) in [7, 11) is 0. The van der Waals surface area contributed by atoms with Crippen molar-refractivity contribution in [3.8, 4) is 16.9 Å². The van der Waals surface area contributed by atoms with Gasteiger partial charge in [-0.3, -0.25) is 14.5 Å². The van der Waals surface area contributed by atoms with Crippen LogP contribution in [-0.4, -0.2) is 29.9 Å². The third-order valence-electron chi connectivity index (χ3n) is 7.16. The van der Waals surface area contributed by atoms with Gasteiger partial charge in [0.25, 0.3) is 11.8 Å². The molecule has 0 spiro atoms. The Morgan fingerprint density at radius 2 is 1.22 bits per heavy atom. The lowest BCUT2D eigenvalue weighted by atomic mass is 9.90. The highest BCUT2D eigenvalue weighted by atomic mass is 16.5. The molecule has 1 aliphatic rings. The van der Waals surface area contributed by atoms with Crippen LogP contribution in [0.25, 0.3) is 11.1 Å². The Morgan fingerprint density at radius 1 is 0.667 bits per heavy atom. The molecule has 0 aliphatic carbocycles. The molecular formula is C32H37NO3. The van der Waals surface area contributed by atoms with Gasteiger partial charge in [0.15, 0.2) is 0 Å². The van der Waals surface area contributed by atoms with Crippen LogP contribution in [0.2, 0.25) is 0 Å². The predicted octanol–water partition coefficient (Wildman–Crippen LogP) is 7.28. The highest BCUT2D eigenvalue weighted by Gasteiger charge is 2.34. The summed E-state index contributed by atoms with van der Waals surface area (Å²) >= 11 is 0. The molecule has 36 heavy (non-hydrogen) atoms. The lowest BCUT2D eigenvalue weighted by Crippen LogP contribution is -2.30. The molecule has 3 aromatic carbocycles. The van der Waals surface area contributed by atoms with Crippen LogP contribution < -0.4 is 4.74 Å². The number of hydrogen-bond acceptors (Lipinski definition) is 3. The van der Waals surface area contributed by atoms with E-state index in [4.69, 9.17) is 4.74 Å². The first-order valence-corrected chi connectivity index (χ1v) is 13.4. The monoisotopic (exact) mass is 483 g/mol. The molecule has 2 amide bonds. The Hall–Kier alpha value is -3.40. The number of amides is 2. The topological polar surface area (TPSA) is 46.6 Å². The van der Waals surface area contributed by atoms with E-state index in [1.807, 2.05) is 6.07 Å². The summed E-state index contributed by atoms with van der Waals surface area (Å²) in [6, 6.07) is 20.0. The van der Waals surface area contributed by atoms with Gasteiger partial charge in [0.05, 0.1) is 17.7 Å². The minimum atomic E-state index is -0.167. The number of unbranched alkanes of at least 4 members (excludes halogenated alkanes) is 3. The molecule has 0 radical (unpaired) electrons. The van der Waals surface area contributed by atoms with Gasteiger partial charge in [0.2, 0.25) is 0 Å².